The summed E-state index contributed by atoms with van der Waals surface area (Å²) in [7, 11) is 3.17. The van der Waals surface area contributed by atoms with Gasteiger partial charge in [-0.15, -0.1) is 0 Å². The Labute approximate surface area is 182 Å². The summed E-state index contributed by atoms with van der Waals surface area (Å²) in [5.74, 6) is 0.213. The highest BCUT2D eigenvalue weighted by Gasteiger charge is 2.27. The van der Waals surface area contributed by atoms with E-state index in [1.165, 1.54) is 17.0 Å². The molecule has 0 saturated carbocycles. The second kappa shape index (κ2) is 9.81. The Kier molecular flexibility index (Phi) is 7.15. The fourth-order valence-electron chi connectivity index (χ4n) is 3.82. The van der Waals surface area contributed by atoms with Crippen LogP contribution in [0, 0.1) is 11.7 Å². The van der Waals surface area contributed by atoms with E-state index < -0.39 is 11.7 Å². The van der Waals surface area contributed by atoms with E-state index in [2.05, 4.69) is 0 Å². The number of rotatable bonds is 7. The van der Waals surface area contributed by atoms with Crippen molar-refractivity contribution < 1.29 is 23.5 Å². The monoisotopic (exact) mass is 428 g/mol. The maximum absolute atomic E-state index is 14.2. The van der Waals surface area contributed by atoms with Gasteiger partial charge in [0, 0.05) is 19.6 Å². The van der Waals surface area contributed by atoms with Gasteiger partial charge in [-0.3, -0.25) is 9.59 Å². The van der Waals surface area contributed by atoms with Gasteiger partial charge < -0.3 is 19.3 Å². The lowest BCUT2D eigenvalue weighted by Gasteiger charge is -2.32. The number of nitrogens with zero attached hydrogens (tertiary/aromatic N) is 2. The van der Waals surface area contributed by atoms with Gasteiger partial charge in [0.25, 0.3) is 5.91 Å². The minimum atomic E-state index is -0.582. The van der Waals surface area contributed by atoms with Crippen LogP contribution >= 0.6 is 0 Å². The van der Waals surface area contributed by atoms with Gasteiger partial charge in [0.15, 0.2) is 11.5 Å². The molecule has 0 N–H and O–H groups in total. The van der Waals surface area contributed by atoms with E-state index in [9.17, 15) is 14.0 Å². The molecule has 2 aromatic rings. The van der Waals surface area contributed by atoms with Crippen molar-refractivity contribution in [3.8, 4) is 11.5 Å². The molecule has 166 valence electrons. The molecular formula is C24H29FN2O4. The van der Waals surface area contributed by atoms with E-state index in [1.807, 2.05) is 26.0 Å². The van der Waals surface area contributed by atoms with Crippen LogP contribution < -0.4 is 9.47 Å². The molecule has 2 aromatic carbocycles. The summed E-state index contributed by atoms with van der Waals surface area (Å²) in [6.07, 6.45) is 0.687. The van der Waals surface area contributed by atoms with E-state index in [1.54, 1.807) is 31.3 Å². The van der Waals surface area contributed by atoms with Crippen LogP contribution in [0.5, 0.6) is 11.5 Å². The molecule has 0 aliphatic carbocycles. The predicted octanol–water partition coefficient (Wildman–Crippen LogP) is 3.53. The molecular weight excluding hydrogens is 399 g/mol. The van der Waals surface area contributed by atoms with Crippen molar-refractivity contribution in [2.24, 2.45) is 5.92 Å². The van der Waals surface area contributed by atoms with Crippen molar-refractivity contribution >= 4 is 11.8 Å². The fourth-order valence-corrected chi connectivity index (χ4v) is 3.82. The summed E-state index contributed by atoms with van der Waals surface area (Å²) in [5, 5.41) is 0. The van der Waals surface area contributed by atoms with Gasteiger partial charge in [-0.1, -0.05) is 26.0 Å². The van der Waals surface area contributed by atoms with Gasteiger partial charge in [-0.05, 0) is 47.7 Å². The number of fused-ring (bicyclic) bond motifs is 1. The molecule has 0 spiro atoms. The average molecular weight is 429 g/mol. The van der Waals surface area contributed by atoms with Gasteiger partial charge >= 0.3 is 0 Å². The second-order valence-corrected chi connectivity index (χ2v) is 8.10. The molecule has 0 unspecified atom stereocenters. The van der Waals surface area contributed by atoms with Crippen molar-refractivity contribution in [3.63, 3.8) is 0 Å². The number of amides is 2. The lowest BCUT2D eigenvalue weighted by molar-refractivity contribution is -0.132. The molecule has 0 atom stereocenters. The average Bonchev–Trinajstić information content (AvgIpc) is 2.76. The summed E-state index contributed by atoms with van der Waals surface area (Å²) < 4.78 is 24.9. The number of ether oxygens (including phenoxy) is 2. The first-order chi connectivity index (χ1) is 14.8. The van der Waals surface area contributed by atoms with E-state index in [4.69, 9.17) is 9.47 Å². The molecule has 0 radical (unpaired) electrons. The van der Waals surface area contributed by atoms with Crippen molar-refractivity contribution in [3.05, 3.63) is 58.9 Å². The molecule has 6 nitrogen and oxygen atoms in total. The first kappa shape index (κ1) is 22.6. The summed E-state index contributed by atoms with van der Waals surface area (Å²) in [5.41, 5.74) is 2.09. The van der Waals surface area contributed by atoms with E-state index in [-0.39, 0.29) is 23.9 Å². The quantitative estimate of drug-likeness (QED) is 0.677. The zero-order valence-electron chi connectivity index (χ0n) is 18.5. The molecule has 2 amide bonds. The highest BCUT2D eigenvalue weighted by atomic mass is 19.1. The van der Waals surface area contributed by atoms with Crippen LogP contribution in [0.25, 0.3) is 0 Å². The Morgan fingerprint density at radius 3 is 2.35 bits per heavy atom. The lowest BCUT2D eigenvalue weighted by Crippen LogP contribution is -2.45. The van der Waals surface area contributed by atoms with E-state index in [0.29, 0.717) is 37.6 Å². The van der Waals surface area contributed by atoms with Gasteiger partial charge in [-0.25, -0.2) is 4.39 Å². The Morgan fingerprint density at radius 1 is 1.10 bits per heavy atom. The summed E-state index contributed by atoms with van der Waals surface area (Å²) in [4.78, 5) is 29.2. The molecule has 7 heteroatoms. The topological polar surface area (TPSA) is 59.1 Å². The summed E-state index contributed by atoms with van der Waals surface area (Å²) in [6.45, 7) is 5.18. The van der Waals surface area contributed by atoms with E-state index in [0.717, 1.165) is 11.1 Å². The summed E-state index contributed by atoms with van der Waals surface area (Å²) >= 11 is 0. The maximum Gasteiger partial charge on any atom is 0.257 e. The normalized spacial score (nSPS) is 13.0. The Hall–Kier alpha value is -3.09. The van der Waals surface area contributed by atoms with Gasteiger partial charge in [0.05, 0.1) is 19.8 Å². The van der Waals surface area contributed by atoms with Gasteiger partial charge in [0.2, 0.25) is 5.91 Å². The number of carbonyl (C=O) groups is 2. The van der Waals surface area contributed by atoms with Gasteiger partial charge in [0.1, 0.15) is 12.4 Å². The third-order valence-corrected chi connectivity index (χ3v) is 5.37. The first-order valence-electron chi connectivity index (χ1n) is 10.4. The number of benzene rings is 2. The lowest BCUT2D eigenvalue weighted by atomic mass is 9.98. The van der Waals surface area contributed by atoms with Crippen molar-refractivity contribution in [1.82, 2.24) is 9.80 Å². The zero-order chi connectivity index (χ0) is 22.5. The fraction of sp³-hybridized carbons (Fsp3) is 0.417. The minimum Gasteiger partial charge on any atom is -0.493 e. The second-order valence-electron chi connectivity index (χ2n) is 8.10. The van der Waals surface area contributed by atoms with Crippen LogP contribution in [0.3, 0.4) is 0 Å². The largest absolute Gasteiger partial charge is 0.493 e. The number of hydrogen-bond donors (Lipinski definition) is 0. The Bertz CT molecular complexity index is 961. The van der Waals surface area contributed by atoms with Gasteiger partial charge in [-0.2, -0.15) is 0 Å². The number of halogens is 1. The first-order valence-corrected chi connectivity index (χ1v) is 10.4. The molecule has 0 saturated heterocycles. The molecule has 1 aliphatic rings. The smallest absolute Gasteiger partial charge is 0.257 e. The zero-order valence-corrected chi connectivity index (χ0v) is 18.5. The molecule has 0 bridgehead atoms. The van der Waals surface area contributed by atoms with Crippen molar-refractivity contribution in [2.75, 3.05) is 33.9 Å². The third kappa shape index (κ3) is 5.16. The van der Waals surface area contributed by atoms with Crippen LogP contribution in [0.2, 0.25) is 0 Å². The molecule has 3 rings (SSSR count). The minimum absolute atomic E-state index is 0.0169. The van der Waals surface area contributed by atoms with Crippen LogP contribution in [0.1, 0.15) is 35.3 Å². The Morgan fingerprint density at radius 2 is 1.74 bits per heavy atom. The highest BCUT2D eigenvalue weighted by Crippen LogP contribution is 2.33. The van der Waals surface area contributed by atoms with Crippen LogP contribution in [0.4, 0.5) is 4.39 Å². The molecule has 0 aromatic heterocycles. The number of methoxy groups -OCH3 is 2. The van der Waals surface area contributed by atoms with Crippen molar-refractivity contribution in [2.45, 2.75) is 26.8 Å². The van der Waals surface area contributed by atoms with Crippen LogP contribution in [-0.4, -0.2) is 55.5 Å². The molecule has 1 heterocycles. The number of carbonyl (C=O) groups excluding carboxylic acids is 2. The molecule has 0 fully saturated rings. The highest BCUT2D eigenvalue weighted by molar-refractivity contribution is 5.96. The molecule has 1 aliphatic heterocycles. The Balaban J connectivity index is 1.77. The summed E-state index contributed by atoms with van der Waals surface area (Å²) in [6, 6.07) is 9.71. The predicted molar refractivity (Wildman–Crippen MR) is 116 cm³/mol. The molecule has 31 heavy (non-hydrogen) atoms. The van der Waals surface area contributed by atoms with Crippen LogP contribution in [0.15, 0.2) is 36.4 Å². The standard InChI is InChI=1S/C24H29FN2O4/c1-16(2)13-27(24(29)19-7-5-6-8-20(19)25)15-23(28)26-10-9-17-11-21(30-3)22(31-4)12-18(17)14-26/h5-8,11-12,16H,9-10,13-15H2,1-4H3. The third-order valence-electron chi connectivity index (χ3n) is 5.37. The maximum atomic E-state index is 14.2. The SMILES string of the molecule is COc1cc2c(cc1OC)CN(C(=O)CN(CC(C)C)C(=O)c1ccccc1F)CC2. The number of hydrogen-bond acceptors (Lipinski definition) is 4. The van der Waals surface area contributed by atoms with E-state index >= 15 is 0 Å². The van der Waals surface area contributed by atoms with Crippen molar-refractivity contribution in [1.29, 1.82) is 0 Å². The van der Waals surface area contributed by atoms with Crippen LogP contribution in [-0.2, 0) is 17.8 Å².